The third-order valence-corrected chi connectivity index (χ3v) is 3.73. The second-order valence-corrected chi connectivity index (χ2v) is 5.79. The maximum atomic E-state index is 12.7. The van der Waals surface area contributed by atoms with Crippen LogP contribution in [0.4, 0.5) is 39.5 Å². The molecule has 16 heteroatoms. The molecule has 0 bridgehead atoms. The summed E-state index contributed by atoms with van der Waals surface area (Å²) in [4.78, 5) is 0. The number of rotatable bonds is 5. The van der Waals surface area contributed by atoms with Gasteiger partial charge in [0.05, 0.1) is 0 Å². The van der Waals surface area contributed by atoms with E-state index >= 15 is 0 Å². The van der Waals surface area contributed by atoms with Gasteiger partial charge in [0.25, 0.3) is 10.0 Å². The Kier molecular flexibility index (Phi) is 4.71. The van der Waals surface area contributed by atoms with E-state index < -0.39 is 48.2 Å². The average Bonchev–Trinajstić information content (AvgIpc) is 2.12. The minimum Gasteiger partial charge on any atom is -0.225 e. The summed E-state index contributed by atoms with van der Waals surface area (Å²) < 4.78 is 149. The maximum Gasteiger partial charge on any atom is 0.470 e. The lowest BCUT2D eigenvalue weighted by atomic mass is 10.3. The molecule has 0 atom stereocenters. The van der Waals surface area contributed by atoms with E-state index in [1.54, 1.807) is 0 Å². The standard InChI is InChI=1S/C4H2F9NO4S2/c5-1(6,2(7,8)19(15)16)3(9,10)20(17,18)14-4(11,12)13/h14,19H. The zero-order valence-corrected chi connectivity index (χ0v) is 10.1. The number of hydrogen-bond acceptors (Lipinski definition) is 4. The molecule has 0 aromatic heterocycles. The van der Waals surface area contributed by atoms with E-state index in [1.807, 2.05) is 0 Å². The van der Waals surface area contributed by atoms with Crippen LogP contribution in [0.2, 0.25) is 0 Å². The quantitative estimate of drug-likeness (QED) is 0.431. The fourth-order valence-electron chi connectivity index (χ4n) is 0.675. The molecule has 0 heterocycles. The molecule has 0 aromatic carbocycles. The second kappa shape index (κ2) is 4.90. The van der Waals surface area contributed by atoms with Crippen LogP contribution in [0.15, 0.2) is 0 Å². The molecule has 0 amide bonds. The summed E-state index contributed by atoms with van der Waals surface area (Å²) in [5, 5.41) is -13.7. The highest BCUT2D eigenvalue weighted by atomic mass is 32.2. The highest BCUT2D eigenvalue weighted by molar-refractivity contribution is 7.90. The predicted octanol–water partition coefficient (Wildman–Crippen LogP) is 0.858. The monoisotopic (exact) mass is 363 g/mol. The number of nitrogens with one attached hydrogen (secondary N) is 1. The zero-order chi connectivity index (χ0) is 16.8. The molecule has 0 aliphatic carbocycles. The first-order valence-electron chi connectivity index (χ1n) is 3.78. The molecule has 0 saturated heterocycles. The van der Waals surface area contributed by atoms with Crippen molar-refractivity contribution in [2.45, 2.75) is 22.7 Å². The van der Waals surface area contributed by atoms with Crippen LogP contribution in [0.25, 0.3) is 0 Å². The van der Waals surface area contributed by atoms with Crippen molar-refractivity contribution < 1.29 is 56.3 Å². The van der Waals surface area contributed by atoms with Gasteiger partial charge in [-0.25, -0.2) is 16.8 Å². The SMILES string of the molecule is O=[SH](=O)C(F)(F)C(F)(F)C(F)(F)S(=O)(=O)NC(F)(F)F. The molecule has 0 saturated carbocycles. The van der Waals surface area contributed by atoms with Gasteiger partial charge in [0.1, 0.15) is 0 Å². The first-order valence-corrected chi connectivity index (χ1v) is 6.44. The second-order valence-electron chi connectivity index (χ2n) is 2.99. The fourth-order valence-corrected chi connectivity index (χ4v) is 2.02. The molecule has 0 aliphatic heterocycles. The molecule has 0 radical (unpaired) electrons. The van der Waals surface area contributed by atoms with E-state index in [9.17, 15) is 56.3 Å². The van der Waals surface area contributed by atoms with Gasteiger partial charge in [0, 0.05) is 0 Å². The first-order chi connectivity index (χ1) is 8.40. The summed E-state index contributed by atoms with van der Waals surface area (Å²) in [5.41, 5.74) is 0. The molecule has 0 unspecified atom stereocenters. The molecule has 0 aliphatic rings. The van der Waals surface area contributed by atoms with Crippen molar-refractivity contribution in [1.82, 2.24) is 4.72 Å². The van der Waals surface area contributed by atoms with Gasteiger partial charge in [-0.15, -0.1) is 4.72 Å². The van der Waals surface area contributed by atoms with Crippen molar-refractivity contribution in [2.75, 3.05) is 0 Å². The van der Waals surface area contributed by atoms with Gasteiger partial charge in [-0.3, -0.25) is 0 Å². The fraction of sp³-hybridized carbons (Fsp3) is 1.00. The molecular weight excluding hydrogens is 361 g/mol. The summed E-state index contributed by atoms with van der Waals surface area (Å²) in [7, 11) is -13.0. The van der Waals surface area contributed by atoms with Gasteiger partial charge in [0.15, 0.2) is 0 Å². The minimum atomic E-state index is -7.40. The maximum absolute atomic E-state index is 12.7. The van der Waals surface area contributed by atoms with E-state index in [0.717, 1.165) is 0 Å². The lowest BCUT2D eigenvalue weighted by Crippen LogP contribution is -2.62. The highest BCUT2D eigenvalue weighted by Crippen LogP contribution is 2.48. The number of alkyl halides is 9. The summed E-state index contributed by atoms with van der Waals surface area (Å²) in [6.45, 7) is 0. The molecule has 0 aromatic rings. The number of thiol groups is 1. The van der Waals surface area contributed by atoms with E-state index in [4.69, 9.17) is 0 Å². The minimum absolute atomic E-state index is 0.935. The topological polar surface area (TPSA) is 80.3 Å². The van der Waals surface area contributed by atoms with Crippen LogP contribution in [0.5, 0.6) is 0 Å². The number of sulfonamides is 1. The molecule has 20 heavy (non-hydrogen) atoms. The van der Waals surface area contributed by atoms with Gasteiger partial charge in [0.2, 0.25) is 10.7 Å². The van der Waals surface area contributed by atoms with Gasteiger partial charge >= 0.3 is 22.7 Å². The Labute approximate surface area is 105 Å². The average molecular weight is 363 g/mol. The zero-order valence-electron chi connectivity index (χ0n) is 8.39. The molecule has 122 valence electrons. The van der Waals surface area contributed by atoms with Crippen molar-refractivity contribution >= 4 is 20.7 Å². The van der Waals surface area contributed by atoms with Gasteiger partial charge in [-0.2, -0.15) is 39.5 Å². The predicted molar refractivity (Wildman–Crippen MR) is 43.3 cm³/mol. The molecule has 0 fully saturated rings. The molecule has 1 N–H and O–H groups in total. The Morgan fingerprint density at radius 3 is 1.40 bits per heavy atom. The van der Waals surface area contributed by atoms with Crippen molar-refractivity contribution in [3.8, 4) is 0 Å². The molecule has 0 rings (SSSR count). The summed E-state index contributed by atoms with van der Waals surface area (Å²) >= 11 is 0. The Morgan fingerprint density at radius 1 is 0.800 bits per heavy atom. The number of halogens is 9. The van der Waals surface area contributed by atoms with Crippen molar-refractivity contribution in [1.29, 1.82) is 0 Å². The summed E-state index contributed by atoms with van der Waals surface area (Å²) in [6.07, 6.45) is -6.17. The van der Waals surface area contributed by atoms with Crippen molar-refractivity contribution in [2.24, 2.45) is 0 Å². The largest absolute Gasteiger partial charge is 0.470 e. The Balaban J connectivity index is 5.99. The van der Waals surface area contributed by atoms with Crippen LogP contribution in [0, 0.1) is 0 Å². The lowest BCUT2D eigenvalue weighted by molar-refractivity contribution is -0.244. The van der Waals surface area contributed by atoms with E-state index in [-0.39, 0.29) is 0 Å². The number of hydrogen-bond donors (Lipinski definition) is 2. The van der Waals surface area contributed by atoms with Crippen molar-refractivity contribution in [3.63, 3.8) is 0 Å². The van der Waals surface area contributed by atoms with Crippen LogP contribution >= 0.6 is 0 Å². The Hall–Kier alpha value is -0.770. The van der Waals surface area contributed by atoms with Crippen molar-refractivity contribution in [3.05, 3.63) is 0 Å². The molecule has 5 nitrogen and oxygen atoms in total. The van der Waals surface area contributed by atoms with Crippen LogP contribution in [0.1, 0.15) is 0 Å². The summed E-state index contributed by atoms with van der Waals surface area (Å²) in [6, 6.07) is 0. The molecular formula is C4H2F9NO4S2. The van der Waals surface area contributed by atoms with Crippen LogP contribution in [-0.4, -0.2) is 39.6 Å². The van der Waals surface area contributed by atoms with E-state index in [2.05, 4.69) is 0 Å². The molecule has 0 spiro atoms. The third kappa shape index (κ3) is 3.11. The first kappa shape index (κ1) is 19.2. The Morgan fingerprint density at radius 2 is 1.15 bits per heavy atom. The normalized spacial score (nSPS) is 15.7. The van der Waals surface area contributed by atoms with Gasteiger partial charge in [-0.05, 0) is 0 Å². The van der Waals surface area contributed by atoms with Crippen LogP contribution in [0.3, 0.4) is 0 Å². The van der Waals surface area contributed by atoms with Crippen LogP contribution in [-0.2, 0) is 20.7 Å². The van der Waals surface area contributed by atoms with Gasteiger partial charge < -0.3 is 0 Å². The van der Waals surface area contributed by atoms with Crippen LogP contribution < -0.4 is 4.72 Å². The summed E-state index contributed by atoms with van der Waals surface area (Å²) in [5.74, 6) is -7.15. The lowest BCUT2D eigenvalue weighted by Gasteiger charge is -2.29. The van der Waals surface area contributed by atoms with Gasteiger partial charge in [-0.1, -0.05) is 0 Å². The highest BCUT2D eigenvalue weighted by Gasteiger charge is 2.79. The van der Waals surface area contributed by atoms with E-state index in [1.165, 1.54) is 0 Å². The smallest absolute Gasteiger partial charge is 0.225 e. The third-order valence-electron chi connectivity index (χ3n) is 1.56. The van der Waals surface area contributed by atoms with E-state index in [0.29, 0.717) is 0 Å². The Bertz CT molecular complexity index is 539.